The first-order valence-electron chi connectivity index (χ1n) is 9.67. The van der Waals surface area contributed by atoms with E-state index in [0.29, 0.717) is 28.5 Å². The summed E-state index contributed by atoms with van der Waals surface area (Å²) < 4.78 is 34.9. The van der Waals surface area contributed by atoms with Crippen molar-refractivity contribution >= 4 is 55.0 Å². The van der Waals surface area contributed by atoms with Gasteiger partial charge in [0.1, 0.15) is 34.8 Å². The molecule has 0 aliphatic carbocycles. The van der Waals surface area contributed by atoms with E-state index < -0.39 is 15.5 Å². The van der Waals surface area contributed by atoms with Gasteiger partial charge in [-0.1, -0.05) is 0 Å². The number of nitrogens with zero attached hydrogens (tertiary/aromatic N) is 3. The van der Waals surface area contributed by atoms with Gasteiger partial charge in [-0.25, -0.2) is 23.6 Å². The minimum Gasteiger partial charge on any atom is -0.481 e. The number of halogens is 1. The van der Waals surface area contributed by atoms with Crippen LogP contribution in [0.1, 0.15) is 23.6 Å². The van der Waals surface area contributed by atoms with Gasteiger partial charge in [-0.05, 0) is 49.5 Å². The summed E-state index contributed by atoms with van der Waals surface area (Å²) in [6, 6.07) is 7.94. The molecular formula is C22H22FN5O2S2. The normalized spacial score (nSPS) is 14.0. The van der Waals surface area contributed by atoms with E-state index in [0.717, 1.165) is 16.0 Å². The lowest BCUT2D eigenvalue weighted by Crippen LogP contribution is -2.09. The quantitative estimate of drug-likeness (QED) is 0.365. The van der Waals surface area contributed by atoms with E-state index in [9.17, 15) is 8.60 Å². The molecule has 0 amide bonds. The Balaban J connectivity index is 1.70. The molecule has 2 N–H and O–H groups in total. The molecule has 0 fully saturated rings. The van der Waals surface area contributed by atoms with Crippen LogP contribution < -0.4 is 14.8 Å². The number of anilines is 3. The molecule has 0 spiro atoms. The molecule has 2 aromatic heterocycles. The second kappa shape index (κ2) is 8.71. The minimum atomic E-state index is -2.43. The molecule has 0 bridgehead atoms. The third kappa shape index (κ3) is 4.97. The Morgan fingerprint density at radius 3 is 2.75 bits per heavy atom. The maximum Gasteiger partial charge on any atom is 0.147 e. The monoisotopic (exact) mass is 471 g/mol. The third-order valence-corrected chi connectivity index (χ3v) is 6.17. The number of benzene rings is 2. The number of nitrogens with one attached hydrogen (secondary N) is 2. The predicted molar refractivity (Wildman–Crippen MR) is 130 cm³/mol. The molecule has 4 rings (SSSR count). The van der Waals surface area contributed by atoms with E-state index >= 15 is 0 Å². The first kappa shape index (κ1) is 22.0. The van der Waals surface area contributed by atoms with Crippen LogP contribution in [0.4, 0.5) is 21.6 Å². The summed E-state index contributed by atoms with van der Waals surface area (Å²) in [4.78, 5) is 13.0. The van der Waals surface area contributed by atoms with Gasteiger partial charge >= 0.3 is 0 Å². The second-order valence-corrected chi connectivity index (χ2v) is 10.6. The molecule has 166 valence electrons. The van der Waals surface area contributed by atoms with Crippen LogP contribution in [0.25, 0.3) is 10.9 Å². The smallest absolute Gasteiger partial charge is 0.147 e. The zero-order chi connectivity index (χ0) is 22.9. The number of aryl methyl sites for hydroxylation is 1. The number of rotatable bonds is 7. The summed E-state index contributed by atoms with van der Waals surface area (Å²) in [7, 11) is -2.43. The highest BCUT2D eigenvalue weighted by molar-refractivity contribution is 8.00. The average Bonchev–Trinajstić information content (AvgIpc) is 3.23. The van der Waals surface area contributed by atoms with Crippen molar-refractivity contribution in [3.8, 4) is 5.75 Å². The fraction of sp³-hybridized carbons (Fsp3) is 0.182. The molecule has 32 heavy (non-hydrogen) atoms. The summed E-state index contributed by atoms with van der Waals surface area (Å²) in [6.07, 6.45) is 4.32. The number of hydrogen-bond donors (Lipinski definition) is 2. The van der Waals surface area contributed by atoms with E-state index in [2.05, 4.69) is 30.9 Å². The summed E-state index contributed by atoms with van der Waals surface area (Å²) in [5, 5.41) is 6.70. The maximum atomic E-state index is 14.0. The lowest BCUT2D eigenvalue weighted by Gasteiger charge is -2.18. The van der Waals surface area contributed by atoms with Gasteiger partial charge in [0.25, 0.3) is 0 Å². The van der Waals surface area contributed by atoms with Crippen LogP contribution in [0.2, 0.25) is 0 Å². The molecule has 7 nitrogen and oxygen atoms in total. The summed E-state index contributed by atoms with van der Waals surface area (Å²) in [5.41, 5.74) is 2.75. The Morgan fingerprint density at radius 2 is 2.03 bits per heavy atom. The zero-order valence-corrected chi connectivity index (χ0v) is 19.4. The maximum absolute atomic E-state index is 14.0. The van der Waals surface area contributed by atoms with Gasteiger partial charge in [-0.2, -0.15) is 0 Å². The Bertz CT molecular complexity index is 1370. The summed E-state index contributed by atoms with van der Waals surface area (Å²) in [5.74, 6) is 4.11. The van der Waals surface area contributed by atoms with Crippen molar-refractivity contribution in [3.63, 3.8) is 0 Å². The Morgan fingerprint density at radius 1 is 1.22 bits per heavy atom. The van der Waals surface area contributed by atoms with Gasteiger partial charge in [-0.15, -0.1) is 11.3 Å². The number of hydrogen-bond acceptors (Lipinski definition) is 7. The molecule has 2 unspecified atom stereocenters. The number of fused-ring (bicyclic) bond motifs is 1. The SMILES string of the molecule is C=S(C)(=O)Nc1cc(C)c2c(Nc3ccc(F)cc3OC(C)c3nccs3)ncnc2c1. The lowest BCUT2D eigenvalue weighted by atomic mass is 10.1. The lowest BCUT2D eigenvalue weighted by molar-refractivity contribution is 0.227. The first-order valence-corrected chi connectivity index (χ1v) is 12.7. The summed E-state index contributed by atoms with van der Waals surface area (Å²) >= 11 is 1.47. The average molecular weight is 472 g/mol. The van der Waals surface area contributed by atoms with Crippen LogP contribution in [-0.4, -0.2) is 31.3 Å². The highest BCUT2D eigenvalue weighted by Crippen LogP contribution is 2.35. The highest BCUT2D eigenvalue weighted by atomic mass is 32.2. The second-order valence-electron chi connectivity index (χ2n) is 7.41. The number of thiazole rings is 1. The number of ether oxygens (including phenoxy) is 1. The zero-order valence-electron chi connectivity index (χ0n) is 17.8. The first-order chi connectivity index (χ1) is 15.2. The Hall–Kier alpha value is -3.24. The van der Waals surface area contributed by atoms with E-state index in [1.54, 1.807) is 18.3 Å². The molecule has 10 heteroatoms. The van der Waals surface area contributed by atoms with Crippen LogP contribution in [0.5, 0.6) is 5.75 Å². The largest absolute Gasteiger partial charge is 0.481 e. The summed E-state index contributed by atoms with van der Waals surface area (Å²) in [6.45, 7) is 3.77. The predicted octanol–water partition coefficient (Wildman–Crippen LogP) is 5.09. The van der Waals surface area contributed by atoms with Gasteiger partial charge < -0.3 is 14.8 Å². The highest BCUT2D eigenvalue weighted by Gasteiger charge is 2.16. The van der Waals surface area contributed by atoms with Crippen molar-refractivity contribution < 1.29 is 13.3 Å². The molecular weight excluding hydrogens is 449 g/mol. The third-order valence-electron chi connectivity index (χ3n) is 4.57. The number of aromatic nitrogens is 3. The van der Waals surface area contributed by atoms with Crippen LogP contribution in [-0.2, 0) is 9.71 Å². The Kier molecular flexibility index (Phi) is 5.98. The van der Waals surface area contributed by atoms with Crippen molar-refractivity contribution in [3.05, 3.63) is 64.6 Å². The van der Waals surface area contributed by atoms with E-state index in [1.807, 2.05) is 25.3 Å². The van der Waals surface area contributed by atoms with E-state index in [-0.39, 0.29) is 6.10 Å². The minimum absolute atomic E-state index is 0.346. The van der Waals surface area contributed by atoms with Gasteiger partial charge in [0.05, 0.1) is 11.2 Å². The molecule has 0 radical (unpaired) electrons. The molecule has 0 saturated carbocycles. The van der Waals surface area contributed by atoms with Crippen molar-refractivity contribution in [2.45, 2.75) is 20.0 Å². The molecule has 0 saturated heterocycles. The van der Waals surface area contributed by atoms with Crippen LogP contribution in [0.3, 0.4) is 0 Å². The topological polar surface area (TPSA) is 89.0 Å². The molecule has 0 aliphatic rings. The van der Waals surface area contributed by atoms with Crippen LogP contribution >= 0.6 is 11.3 Å². The molecule has 4 aromatic rings. The van der Waals surface area contributed by atoms with E-state index in [1.165, 1.54) is 36.1 Å². The molecule has 2 heterocycles. The van der Waals surface area contributed by atoms with Gasteiger partial charge in [0.15, 0.2) is 0 Å². The fourth-order valence-corrected chi connectivity index (χ4v) is 4.53. The molecule has 2 aromatic carbocycles. The van der Waals surface area contributed by atoms with Gasteiger partial charge in [-0.3, -0.25) is 0 Å². The van der Waals surface area contributed by atoms with Crippen molar-refractivity contribution in [2.24, 2.45) is 0 Å². The standard InChI is InChI=1S/C22H22FN5O2S2/c1-13-9-16(28-32(3,4)29)11-18-20(13)21(26-12-25-18)27-17-6-5-15(23)10-19(17)30-14(2)22-24-7-8-31-22/h5-12,14H,3H2,1-2,4H3,(H,28,29)(H,25,26,27). The van der Waals surface area contributed by atoms with Crippen molar-refractivity contribution in [1.82, 2.24) is 15.0 Å². The van der Waals surface area contributed by atoms with Crippen molar-refractivity contribution in [1.29, 1.82) is 0 Å². The Labute approximate surface area is 189 Å². The van der Waals surface area contributed by atoms with E-state index in [4.69, 9.17) is 4.74 Å². The van der Waals surface area contributed by atoms with Crippen LogP contribution in [0.15, 0.2) is 48.2 Å². The fourth-order valence-electron chi connectivity index (χ4n) is 3.30. The molecule has 2 atom stereocenters. The van der Waals surface area contributed by atoms with Crippen LogP contribution in [0, 0.1) is 12.7 Å². The van der Waals surface area contributed by atoms with Crippen molar-refractivity contribution in [2.75, 3.05) is 16.3 Å². The molecule has 0 aliphatic heterocycles. The van der Waals surface area contributed by atoms with Gasteiger partial charge in [0, 0.05) is 44.7 Å². The van der Waals surface area contributed by atoms with Gasteiger partial charge in [0.2, 0.25) is 0 Å².